The topological polar surface area (TPSA) is 61.8 Å². The molecule has 3 saturated carbocycles. The molecule has 0 bridgehead atoms. The highest BCUT2D eigenvalue weighted by molar-refractivity contribution is 5.76. The van der Waals surface area contributed by atoms with E-state index in [1.165, 1.54) is 44.1 Å². The van der Waals surface area contributed by atoms with Gasteiger partial charge in [0.15, 0.2) is 0 Å². The standard InChI is InChI=1S/C28H42N2O3/c31-26(32)28(12-7-13-28)20-30-16-14-27(15-17-30,21-33-23-10-5-2-6-11-23)19-29-25-18-24(25)22-8-3-1-4-9-22/h1,3-4,8-9,23-25,29H,2,5-7,10-21H2,(H,31,32). The fourth-order valence-corrected chi connectivity index (χ4v) is 6.39. The quantitative estimate of drug-likeness (QED) is 0.531. The van der Waals surface area contributed by atoms with Gasteiger partial charge in [-0.2, -0.15) is 0 Å². The van der Waals surface area contributed by atoms with Crippen molar-refractivity contribution in [2.75, 3.05) is 32.8 Å². The number of benzene rings is 1. The van der Waals surface area contributed by atoms with Crippen LogP contribution in [0.4, 0.5) is 0 Å². The first-order valence-corrected chi connectivity index (χ1v) is 13.4. The molecule has 0 aromatic heterocycles. The molecule has 2 N–H and O–H groups in total. The van der Waals surface area contributed by atoms with E-state index >= 15 is 0 Å². The Morgan fingerprint density at radius 1 is 1.03 bits per heavy atom. The van der Waals surface area contributed by atoms with Crippen molar-refractivity contribution in [3.05, 3.63) is 35.9 Å². The molecular formula is C28H42N2O3. The Labute approximate surface area is 199 Å². The van der Waals surface area contributed by atoms with E-state index in [1.54, 1.807) is 0 Å². The molecule has 1 heterocycles. The van der Waals surface area contributed by atoms with Crippen molar-refractivity contribution in [3.8, 4) is 0 Å². The minimum absolute atomic E-state index is 0.174. The molecule has 1 aromatic carbocycles. The largest absolute Gasteiger partial charge is 0.481 e. The second kappa shape index (κ2) is 10.1. The van der Waals surface area contributed by atoms with Crippen molar-refractivity contribution < 1.29 is 14.6 Å². The van der Waals surface area contributed by atoms with Gasteiger partial charge in [0.05, 0.1) is 18.1 Å². The molecule has 1 aliphatic heterocycles. The van der Waals surface area contributed by atoms with Crippen LogP contribution in [0.1, 0.15) is 82.1 Å². The average Bonchev–Trinajstić information content (AvgIpc) is 3.61. The second-order valence-electron chi connectivity index (χ2n) is 11.5. The Hall–Kier alpha value is -1.43. The summed E-state index contributed by atoms with van der Waals surface area (Å²) in [5.41, 5.74) is 1.15. The molecule has 0 amide bonds. The summed E-state index contributed by atoms with van der Waals surface area (Å²) in [5, 5.41) is 13.7. The van der Waals surface area contributed by atoms with Crippen LogP contribution in [0.2, 0.25) is 0 Å². The lowest BCUT2D eigenvalue weighted by Crippen LogP contribution is -2.53. The molecule has 5 nitrogen and oxygen atoms in total. The van der Waals surface area contributed by atoms with E-state index in [9.17, 15) is 9.90 Å². The highest BCUT2D eigenvalue weighted by Gasteiger charge is 2.47. The highest BCUT2D eigenvalue weighted by Crippen LogP contribution is 2.44. The summed E-state index contributed by atoms with van der Waals surface area (Å²) in [6, 6.07) is 11.5. The van der Waals surface area contributed by atoms with Crippen LogP contribution in [0.25, 0.3) is 0 Å². The first-order valence-electron chi connectivity index (χ1n) is 13.4. The molecule has 1 aromatic rings. The lowest BCUT2D eigenvalue weighted by Gasteiger charge is -2.47. The predicted octanol–water partition coefficient (Wildman–Crippen LogP) is 4.82. The molecule has 5 heteroatoms. The Bertz CT molecular complexity index is 780. The summed E-state index contributed by atoms with van der Waals surface area (Å²) in [5.74, 6) is 0.0604. The van der Waals surface area contributed by atoms with Crippen LogP contribution in [0.15, 0.2) is 30.3 Å². The van der Waals surface area contributed by atoms with Gasteiger partial charge in [0.1, 0.15) is 0 Å². The van der Waals surface area contributed by atoms with Gasteiger partial charge in [0, 0.05) is 30.5 Å². The number of nitrogens with one attached hydrogen (secondary N) is 1. The summed E-state index contributed by atoms with van der Waals surface area (Å²) in [7, 11) is 0. The zero-order chi connectivity index (χ0) is 22.7. The number of likely N-dealkylation sites (tertiary alicyclic amines) is 1. The summed E-state index contributed by atoms with van der Waals surface area (Å²) >= 11 is 0. The predicted molar refractivity (Wildman–Crippen MR) is 130 cm³/mol. The second-order valence-corrected chi connectivity index (χ2v) is 11.5. The van der Waals surface area contributed by atoms with E-state index in [0.29, 0.717) is 18.1 Å². The molecule has 3 aliphatic carbocycles. The fourth-order valence-electron chi connectivity index (χ4n) is 6.39. The van der Waals surface area contributed by atoms with E-state index in [4.69, 9.17) is 4.74 Å². The summed E-state index contributed by atoms with van der Waals surface area (Å²) < 4.78 is 6.54. The number of piperidine rings is 1. The highest BCUT2D eigenvalue weighted by atomic mass is 16.5. The number of nitrogens with zero attached hydrogens (tertiary/aromatic N) is 1. The monoisotopic (exact) mass is 454 g/mol. The molecule has 1 saturated heterocycles. The average molecular weight is 455 g/mol. The van der Waals surface area contributed by atoms with Crippen molar-refractivity contribution in [2.24, 2.45) is 10.8 Å². The van der Waals surface area contributed by atoms with Crippen molar-refractivity contribution in [2.45, 2.75) is 88.7 Å². The number of rotatable bonds is 10. The van der Waals surface area contributed by atoms with Gasteiger partial charge in [-0.25, -0.2) is 0 Å². The molecule has 5 rings (SSSR count). The third-order valence-electron chi connectivity index (χ3n) is 9.14. The van der Waals surface area contributed by atoms with Gasteiger partial charge >= 0.3 is 5.97 Å². The van der Waals surface area contributed by atoms with Gasteiger partial charge in [-0.05, 0) is 63.6 Å². The summed E-state index contributed by atoms with van der Waals surface area (Å²) in [4.78, 5) is 14.3. The van der Waals surface area contributed by atoms with E-state index in [2.05, 4.69) is 40.5 Å². The van der Waals surface area contributed by atoms with Gasteiger partial charge in [-0.15, -0.1) is 0 Å². The summed E-state index contributed by atoms with van der Waals surface area (Å²) in [6.07, 6.45) is 13.0. The van der Waals surface area contributed by atoms with Crippen molar-refractivity contribution in [1.82, 2.24) is 10.2 Å². The lowest BCUT2D eigenvalue weighted by atomic mass is 9.68. The molecular weight excluding hydrogens is 412 g/mol. The molecule has 0 radical (unpaired) electrons. The van der Waals surface area contributed by atoms with Gasteiger partial charge in [0.2, 0.25) is 0 Å². The van der Waals surface area contributed by atoms with Crippen molar-refractivity contribution >= 4 is 5.97 Å². The van der Waals surface area contributed by atoms with Crippen LogP contribution in [0, 0.1) is 10.8 Å². The number of carboxylic acids is 1. The minimum Gasteiger partial charge on any atom is -0.481 e. The lowest BCUT2D eigenvalue weighted by molar-refractivity contribution is -0.157. The van der Waals surface area contributed by atoms with E-state index < -0.39 is 11.4 Å². The van der Waals surface area contributed by atoms with Gasteiger partial charge < -0.3 is 20.1 Å². The van der Waals surface area contributed by atoms with E-state index in [-0.39, 0.29) is 5.41 Å². The van der Waals surface area contributed by atoms with Gasteiger partial charge in [-0.3, -0.25) is 4.79 Å². The number of hydrogen-bond donors (Lipinski definition) is 2. The molecule has 4 aliphatic rings. The number of carboxylic acid groups (broad SMARTS) is 1. The van der Waals surface area contributed by atoms with Crippen molar-refractivity contribution in [3.63, 3.8) is 0 Å². The third kappa shape index (κ3) is 5.47. The summed E-state index contributed by atoms with van der Waals surface area (Å²) in [6.45, 7) is 4.60. The maximum Gasteiger partial charge on any atom is 0.310 e. The van der Waals surface area contributed by atoms with Gasteiger partial charge in [-0.1, -0.05) is 56.0 Å². The Kier molecular flexibility index (Phi) is 7.10. The van der Waals surface area contributed by atoms with E-state index in [1.807, 2.05) is 0 Å². The van der Waals surface area contributed by atoms with Gasteiger partial charge in [0.25, 0.3) is 0 Å². The Balaban J connectivity index is 1.17. The first kappa shape index (κ1) is 23.3. The first-order chi connectivity index (χ1) is 16.1. The number of ether oxygens (including phenoxy) is 1. The van der Waals surface area contributed by atoms with Crippen LogP contribution in [-0.4, -0.2) is 60.9 Å². The molecule has 182 valence electrons. The Morgan fingerprint density at radius 2 is 1.76 bits per heavy atom. The molecule has 2 unspecified atom stereocenters. The SMILES string of the molecule is O=C(O)C1(CN2CCC(CNC3CC3c3ccccc3)(COC3CCCCC3)CC2)CCC1. The van der Waals surface area contributed by atoms with Crippen LogP contribution in [0.5, 0.6) is 0 Å². The van der Waals surface area contributed by atoms with Crippen LogP contribution in [0.3, 0.4) is 0 Å². The fraction of sp³-hybridized carbons (Fsp3) is 0.750. The van der Waals surface area contributed by atoms with Crippen LogP contribution < -0.4 is 5.32 Å². The number of hydrogen-bond acceptors (Lipinski definition) is 4. The zero-order valence-electron chi connectivity index (χ0n) is 20.1. The maximum absolute atomic E-state index is 11.9. The van der Waals surface area contributed by atoms with Crippen molar-refractivity contribution in [1.29, 1.82) is 0 Å². The number of aliphatic carboxylic acids is 1. The molecule has 2 atom stereocenters. The Morgan fingerprint density at radius 3 is 2.39 bits per heavy atom. The molecule has 33 heavy (non-hydrogen) atoms. The maximum atomic E-state index is 11.9. The smallest absolute Gasteiger partial charge is 0.310 e. The normalized spacial score (nSPS) is 29.3. The number of carbonyl (C=O) groups is 1. The molecule has 0 spiro atoms. The van der Waals surface area contributed by atoms with Crippen LogP contribution >= 0.6 is 0 Å². The van der Waals surface area contributed by atoms with E-state index in [0.717, 1.165) is 64.9 Å². The third-order valence-corrected chi connectivity index (χ3v) is 9.14. The minimum atomic E-state index is -0.589. The molecule has 4 fully saturated rings. The van der Waals surface area contributed by atoms with Crippen LogP contribution in [-0.2, 0) is 9.53 Å². The zero-order valence-corrected chi connectivity index (χ0v) is 20.1.